The molecule has 2 N–H and O–H groups in total. The van der Waals surface area contributed by atoms with Crippen LogP contribution in [-0.2, 0) is 0 Å². The summed E-state index contributed by atoms with van der Waals surface area (Å²) in [6.45, 7) is 3.11. The fraction of sp³-hybridized carbons (Fsp3) is 0.500. The predicted octanol–water partition coefficient (Wildman–Crippen LogP) is 2.48. The minimum atomic E-state index is -0.991. The van der Waals surface area contributed by atoms with E-state index in [1.165, 1.54) is 24.8 Å². The fourth-order valence-electron chi connectivity index (χ4n) is 1.92. The molecule has 4 nitrogen and oxygen atoms in total. The van der Waals surface area contributed by atoms with E-state index in [-0.39, 0.29) is 10.4 Å². The number of hydrogen-bond donors (Lipinski definition) is 2. The van der Waals surface area contributed by atoms with E-state index in [2.05, 4.69) is 17.2 Å². The summed E-state index contributed by atoms with van der Waals surface area (Å²) in [6, 6.07) is 3.38. The lowest BCUT2D eigenvalue weighted by Crippen LogP contribution is -2.27. The van der Waals surface area contributed by atoms with Crippen molar-refractivity contribution in [2.24, 2.45) is 0 Å². The maximum atomic E-state index is 10.8. The van der Waals surface area contributed by atoms with Crippen molar-refractivity contribution in [2.75, 3.05) is 17.6 Å². The standard InChI is InChI=1S/C12H16N2O2S/c1-12(4-2-6-17-12)8-14-9-3-5-13-10(7-9)11(15)16/h3,5,7H,2,4,6,8H2,1H3,(H,13,14)(H,15,16). The molecule has 1 unspecified atom stereocenters. The molecule has 0 bridgehead atoms. The smallest absolute Gasteiger partial charge is 0.354 e. The largest absolute Gasteiger partial charge is 0.477 e. The Bertz CT molecular complexity index is 417. The van der Waals surface area contributed by atoms with Gasteiger partial charge >= 0.3 is 5.97 Å². The normalized spacial score (nSPS) is 23.6. The van der Waals surface area contributed by atoms with Crippen molar-refractivity contribution in [1.82, 2.24) is 4.98 Å². The molecule has 1 aromatic rings. The van der Waals surface area contributed by atoms with Crippen LogP contribution >= 0.6 is 11.8 Å². The van der Waals surface area contributed by atoms with Crippen molar-refractivity contribution in [3.05, 3.63) is 24.0 Å². The van der Waals surface area contributed by atoms with Gasteiger partial charge in [-0.15, -0.1) is 0 Å². The van der Waals surface area contributed by atoms with E-state index in [1.54, 1.807) is 12.1 Å². The number of carboxylic acids is 1. The first kappa shape index (κ1) is 12.2. The van der Waals surface area contributed by atoms with Crippen LogP contribution < -0.4 is 5.32 Å². The van der Waals surface area contributed by atoms with Gasteiger partial charge in [0.15, 0.2) is 0 Å². The highest BCUT2D eigenvalue weighted by Crippen LogP contribution is 2.37. The Morgan fingerprint density at radius 3 is 3.18 bits per heavy atom. The van der Waals surface area contributed by atoms with Crippen LogP contribution in [0.25, 0.3) is 0 Å². The molecule has 1 fully saturated rings. The highest BCUT2D eigenvalue weighted by molar-refractivity contribution is 8.00. The number of hydrogen-bond acceptors (Lipinski definition) is 4. The molecule has 5 heteroatoms. The van der Waals surface area contributed by atoms with Crippen LogP contribution in [0.2, 0.25) is 0 Å². The monoisotopic (exact) mass is 252 g/mol. The molecule has 1 aliphatic rings. The molecule has 0 saturated carbocycles. The summed E-state index contributed by atoms with van der Waals surface area (Å²) in [7, 11) is 0. The molecule has 1 atom stereocenters. The number of aromatic carboxylic acids is 1. The molecule has 2 rings (SSSR count). The first-order valence-electron chi connectivity index (χ1n) is 5.66. The zero-order chi connectivity index (χ0) is 12.3. The third-order valence-electron chi connectivity index (χ3n) is 2.95. The second kappa shape index (κ2) is 4.96. The maximum absolute atomic E-state index is 10.8. The topological polar surface area (TPSA) is 62.2 Å². The van der Waals surface area contributed by atoms with Gasteiger partial charge in [0.1, 0.15) is 5.69 Å². The van der Waals surface area contributed by atoms with Crippen LogP contribution in [0.4, 0.5) is 5.69 Å². The van der Waals surface area contributed by atoms with E-state index in [1.807, 2.05) is 11.8 Å². The summed E-state index contributed by atoms with van der Waals surface area (Å²) in [4.78, 5) is 14.6. The Morgan fingerprint density at radius 1 is 1.71 bits per heavy atom. The molecule has 1 aromatic heterocycles. The highest BCUT2D eigenvalue weighted by atomic mass is 32.2. The number of carbonyl (C=O) groups is 1. The predicted molar refractivity (Wildman–Crippen MR) is 69.8 cm³/mol. The second-order valence-corrected chi connectivity index (χ2v) is 6.17. The minimum Gasteiger partial charge on any atom is -0.477 e. The van der Waals surface area contributed by atoms with Gasteiger partial charge in [-0.3, -0.25) is 0 Å². The van der Waals surface area contributed by atoms with Crippen molar-refractivity contribution in [2.45, 2.75) is 24.5 Å². The Hall–Kier alpha value is -1.23. The van der Waals surface area contributed by atoms with Crippen LogP contribution in [0, 0.1) is 0 Å². The number of thioether (sulfide) groups is 1. The van der Waals surface area contributed by atoms with Gasteiger partial charge in [0.25, 0.3) is 0 Å². The number of anilines is 1. The summed E-state index contributed by atoms with van der Waals surface area (Å²) in [5.41, 5.74) is 0.908. The average Bonchev–Trinajstić information content (AvgIpc) is 2.75. The van der Waals surface area contributed by atoms with Crippen LogP contribution in [0.3, 0.4) is 0 Å². The zero-order valence-electron chi connectivity index (χ0n) is 9.77. The van der Waals surface area contributed by atoms with E-state index in [4.69, 9.17) is 5.11 Å². The zero-order valence-corrected chi connectivity index (χ0v) is 10.6. The van der Waals surface area contributed by atoms with Crippen molar-refractivity contribution in [3.63, 3.8) is 0 Å². The van der Waals surface area contributed by atoms with Gasteiger partial charge in [-0.05, 0) is 37.7 Å². The Morgan fingerprint density at radius 2 is 2.53 bits per heavy atom. The lowest BCUT2D eigenvalue weighted by atomic mass is 10.1. The molecule has 0 radical (unpaired) electrons. The molecule has 0 amide bonds. The number of rotatable bonds is 4. The SMILES string of the molecule is CC1(CNc2ccnc(C(=O)O)c2)CCCS1. The first-order valence-corrected chi connectivity index (χ1v) is 6.65. The van der Waals surface area contributed by atoms with Gasteiger partial charge in [-0.25, -0.2) is 9.78 Å². The van der Waals surface area contributed by atoms with Gasteiger partial charge in [0, 0.05) is 23.2 Å². The number of aromatic nitrogens is 1. The van der Waals surface area contributed by atoms with E-state index in [9.17, 15) is 4.79 Å². The van der Waals surface area contributed by atoms with E-state index < -0.39 is 5.97 Å². The van der Waals surface area contributed by atoms with E-state index >= 15 is 0 Å². The molecule has 1 saturated heterocycles. The molecule has 0 spiro atoms. The van der Waals surface area contributed by atoms with Gasteiger partial charge in [-0.1, -0.05) is 0 Å². The van der Waals surface area contributed by atoms with Gasteiger partial charge in [0.05, 0.1) is 0 Å². The van der Waals surface area contributed by atoms with Crippen molar-refractivity contribution >= 4 is 23.4 Å². The molecule has 0 aromatic carbocycles. The van der Waals surface area contributed by atoms with Crippen molar-refractivity contribution in [3.8, 4) is 0 Å². The average molecular weight is 252 g/mol. The highest BCUT2D eigenvalue weighted by Gasteiger charge is 2.29. The van der Waals surface area contributed by atoms with Gasteiger partial charge < -0.3 is 10.4 Å². The number of nitrogens with zero attached hydrogens (tertiary/aromatic N) is 1. The third kappa shape index (κ3) is 3.12. The number of nitrogens with one attached hydrogen (secondary N) is 1. The van der Waals surface area contributed by atoms with Gasteiger partial charge in [0.2, 0.25) is 0 Å². The van der Waals surface area contributed by atoms with E-state index in [0.717, 1.165) is 12.2 Å². The number of pyridine rings is 1. The summed E-state index contributed by atoms with van der Waals surface area (Å²) in [5.74, 6) is 0.227. The van der Waals surface area contributed by atoms with Crippen LogP contribution in [0.15, 0.2) is 18.3 Å². The Kier molecular flexibility index (Phi) is 3.57. The summed E-state index contributed by atoms with van der Waals surface area (Å²) < 4.78 is 0.270. The first-order chi connectivity index (χ1) is 8.09. The van der Waals surface area contributed by atoms with Gasteiger partial charge in [-0.2, -0.15) is 11.8 Å². The van der Waals surface area contributed by atoms with Crippen LogP contribution in [0.5, 0.6) is 0 Å². The maximum Gasteiger partial charge on any atom is 0.354 e. The van der Waals surface area contributed by atoms with Crippen molar-refractivity contribution < 1.29 is 9.90 Å². The lowest BCUT2D eigenvalue weighted by Gasteiger charge is -2.23. The van der Waals surface area contributed by atoms with Crippen LogP contribution in [-0.4, -0.2) is 33.1 Å². The molecule has 92 valence electrons. The third-order valence-corrected chi connectivity index (χ3v) is 4.48. The van der Waals surface area contributed by atoms with E-state index in [0.29, 0.717) is 0 Å². The van der Waals surface area contributed by atoms with Crippen molar-refractivity contribution in [1.29, 1.82) is 0 Å². The van der Waals surface area contributed by atoms with Crippen LogP contribution in [0.1, 0.15) is 30.3 Å². The molecule has 1 aliphatic heterocycles. The minimum absolute atomic E-state index is 0.0826. The Labute approximate surface area is 105 Å². The second-order valence-electron chi connectivity index (χ2n) is 4.49. The number of carboxylic acid groups (broad SMARTS) is 1. The Balaban J connectivity index is 1.99. The molecule has 0 aliphatic carbocycles. The molecular weight excluding hydrogens is 236 g/mol. The quantitative estimate of drug-likeness (QED) is 0.862. The molecular formula is C12H16N2O2S. The fourth-order valence-corrected chi connectivity index (χ4v) is 3.17. The molecule has 17 heavy (non-hydrogen) atoms. The molecule has 2 heterocycles. The summed E-state index contributed by atoms with van der Waals surface area (Å²) in [5, 5.41) is 12.1. The lowest BCUT2D eigenvalue weighted by molar-refractivity contribution is 0.0690. The summed E-state index contributed by atoms with van der Waals surface area (Å²) in [6.07, 6.45) is 4.00. The summed E-state index contributed by atoms with van der Waals surface area (Å²) >= 11 is 1.98.